The molecule has 4 heteroatoms. The van der Waals surface area contributed by atoms with Crippen molar-refractivity contribution in [3.8, 4) is 5.75 Å². The Morgan fingerprint density at radius 2 is 1.86 bits per heavy atom. The van der Waals surface area contributed by atoms with E-state index in [1.807, 2.05) is 12.1 Å². The summed E-state index contributed by atoms with van der Waals surface area (Å²) in [6.45, 7) is 8.45. The fourth-order valence-corrected chi connectivity index (χ4v) is 4.59. The number of hydrogen-bond acceptors (Lipinski definition) is 3. The molecular formula is C25H34ClNO2. The third kappa shape index (κ3) is 5.33. The summed E-state index contributed by atoms with van der Waals surface area (Å²) in [4.78, 5) is 0. The van der Waals surface area contributed by atoms with Crippen LogP contribution in [0.25, 0.3) is 0 Å². The van der Waals surface area contributed by atoms with Gasteiger partial charge >= 0.3 is 0 Å². The fraction of sp³-hybridized carbons (Fsp3) is 0.520. The highest BCUT2D eigenvalue weighted by Gasteiger charge is 2.40. The number of ether oxygens (including phenoxy) is 2. The van der Waals surface area contributed by atoms with Crippen LogP contribution in [0.15, 0.2) is 48.5 Å². The van der Waals surface area contributed by atoms with Gasteiger partial charge in [-0.05, 0) is 62.4 Å². The van der Waals surface area contributed by atoms with Crippen molar-refractivity contribution >= 4 is 11.6 Å². The first-order valence-corrected chi connectivity index (χ1v) is 11.1. The maximum absolute atomic E-state index is 6.12. The van der Waals surface area contributed by atoms with E-state index >= 15 is 0 Å². The highest BCUT2D eigenvalue weighted by atomic mass is 35.5. The first kappa shape index (κ1) is 22.1. The Bertz CT molecular complexity index is 777. The molecule has 1 aliphatic rings. The SMILES string of the molecule is COc1ccccc1[C@@]1(CCN[C@@H](C)c2ccc(Cl)cc2)CCO[C@@H](C(C)C)C1. The van der Waals surface area contributed by atoms with E-state index in [0.29, 0.717) is 5.92 Å². The summed E-state index contributed by atoms with van der Waals surface area (Å²) in [6, 6.07) is 16.9. The molecule has 1 N–H and O–H groups in total. The van der Waals surface area contributed by atoms with E-state index in [4.69, 9.17) is 21.1 Å². The van der Waals surface area contributed by atoms with E-state index in [-0.39, 0.29) is 17.6 Å². The molecule has 0 aromatic heterocycles. The molecule has 0 radical (unpaired) electrons. The molecule has 3 rings (SSSR count). The topological polar surface area (TPSA) is 30.5 Å². The molecule has 0 amide bonds. The minimum absolute atomic E-state index is 0.0620. The van der Waals surface area contributed by atoms with Crippen LogP contribution in [-0.2, 0) is 10.2 Å². The molecule has 2 aromatic rings. The number of halogens is 1. The Labute approximate surface area is 180 Å². The number of hydrogen-bond donors (Lipinski definition) is 1. The average Bonchev–Trinajstić information content (AvgIpc) is 2.74. The van der Waals surface area contributed by atoms with Crippen LogP contribution in [0.2, 0.25) is 5.02 Å². The van der Waals surface area contributed by atoms with Gasteiger partial charge in [0.15, 0.2) is 0 Å². The molecule has 1 fully saturated rings. The van der Waals surface area contributed by atoms with Crippen LogP contribution < -0.4 is 10.1 Å². The largest absolute Gasteiger partial charge is 0.496 e. The molecule has 2 aromatic carbocycles. The maximum Gasteiger partial charge on any atom is 0.122 e. The summed E-state index contributed by atoms with van der Waals surface area (Å²) in [6.07, 6.45) is 3.38. The third-order valence-corrected chi connectivity index (χ3v) is 6.60. The third-order valence-electron chi connectivity index (χ3n) is 6.35. The van der Waals surface area contributed by atoms with Gasteiger partial charge in [-0.3, -0.25) is 0 Å². The lowest BCUT2D eigenvalue weighted by Crippen LogP contribution is -2.43. The maximum atomic E-state index is 6.12. The monoisotopic (exact) mass is 415 g/mol. The Morgan fingerprint density at radius 3 is 2.55 bits per heavy atom. The number of rotatable bonds is 8. The van der Waals surface area contributed by atoms with Gasteiger partial charge in [0.2, 0.25) is 0 Å². The zero-order valence-corrected chi connectivity index (χ0v) is 18.8. The molecule has 0 spiro atoms. The second-order valence-electron chi connectivity index (χ2n) is 8.57. The second-order valence-corrected chi connectivity index (χ2v) is 9.00. The molecular weight excluding hydrogens is 382 g/mol. The van der Waals surface area contributed by atoms with E-state index < -0.39 is 0 Å². The van der Waals surface area contributed by atoms with Gasteiger partial charge in [-0.1, -0.05) is 55.8 Å². The molecule has 0 unspecified atom stereocenters. The summed E-state index contributed by atoms with van der Waals surface area (Å²) in [7, 11) is 1.77. The first-order valence-electron chi connectivity index (χ1n) is 10.7. The van der Waals surface area contributed by atoms with Gasteiger partial charge in [0.1, 0.15) is 5.75 Å². The van der Waals surface area contributed by atoms with Crippen LogP contribution in [0, 0.1) is 5.92 Å². The Kier molecular flexibility index (Phi) is 7.61. The van der Waals surface area contributed by atoms with Crippen molar-refractivity contribution < 1.29 is 9.47 Å². The number of nitrogens with one attached hydrogen (secondary N) is 1. The van der Waals surface area contributed by atoms with Crippen molar-refractivity contribution in [2.75, 3.05) is 20.3 Å². The number of benzene rings is 2. The minimum atomic E-state index is 0.0620. The van der Waals surface area contributed by atoms with Crippen molar-refractivity contribution in [1.82, 2.24) is 5.32 Å². The molecule has 29 heavy (non-hydrogen) atoms. The predicted octanol–water partition coefficient (Wildman–Crippen LogP) is 6.16. The second kappa shape index (κ2) is 9.97. The van der Waals surface area contributed by atoms with E-state index in [9.17, 15) is 0 Å². The predicted molar refractivity (Wildman–Crippen MR) is 121 cm³/mol. The molecule has 3 atom stereocenters. The highest BCUT2D eigenvalue weighted by molar-refractivity contribution is 6.30. The van der Waals surface area contributed by atoms with Gasteiger partial charge in [-0.15, -0.1) is 0 Å². The summed E-state index contributed by atoms with van der Waals surface area (Å²) in [5.74, 6) is 1.49. The zero-order valence-electron chi connectivity index (χ0n) is 18.1. The minimum Gasteiger partial charge on any atom is -0.496 e. The molecule has 1 saturated heterocycles. The lowest BCUT2D eigenvalue weighted by molar-refractivity contribution is -0.0474. The molecule has 0 saturated carbocycles. The van der Waals surface area contributed by atoms with Crippen LogP contribution in [0.5, 0.6) is 5.75 Å². The fourth-order valence-electron chi connectivity index (χ4n) is 4.47. The van der Waals surface area contributed by atoms with Crippen molar-refractivity contribution in [2.24, 2.45) is 5.92 Å². The summed E-state index contributed by atoms with van der Waals surface area (Å²) >= 11 is 6.03. The normalized spacial score (nSPS) is 23.2. The van der Waals surface area contributed by atoms with Crippen LogP contribution >= 0.6 is 11.6 Å². The highest BCUT2D eigenvalue weighted by Crippen LogP contribution is 2.45. The Morgan fingerprint density at radius 1 is 1.14 bits per heavy atom. The lowest BCUT2D eigenvalue weighted by atomic mass is 9.68. The molecule has 0 aliphatic carbocycles. The molecule has 158 valence electrons. The van der Waals surface area contributed by atoms with E-state index in [1.165, 1.54) is 11.1 Å². The van der Waals surface area contributed by atoms with E-state index in [0.717, 1.165) is 43.2 Å². The van der Waals surface area contributed by atoms with Gasteiger partial charge in [-0.2, -0.15) is 0 Å². The molecule has 1 aliphatic heterocycles. The Balaban J connectivity index is 1.77. The van der Waals surface area contributed by atoms with Crippen LogP contribution in [-0.4, -0.2) is 26.4 Å². The first-order chi connectivity index (χ1) is 13.9. The van der Waals surface area contributed by atoms with Crippen LogP contribution in [0.4, 0.5) is 0 Å². The van der Waals surface area contributed by atoms with Crippen molar-refractivity contribution in [1.29, 1.82) is 0 Å². The van der Waals surface area contributed by atoms with Crippen LogP contribution in [0.1, 0.15) is 57.2 Å². The quantitative estimate of drug-likeness (QED) is 0.559. The van der Waals surface area contributed by atoms with Gasteiger partial charge < -0.3 is 14.8 Å². The van der Waals surface area contributed by atoms with Crippen molar-refractivity contribution in [3.05, 3.63) is 64.7 Å². The van der Waals surface area contributed by atoms with Gasteiger partial charge in [0.05, 0.1) is 13.2 Å². The van der Waals surface area contributed by atoms with Crippen LogP contribution in [0.3, 0.4) is 0 Å². The molecule has 3 nitrogen and oxygen atoms in total. The summed E-state index contributed by atoms with van der Waals surface area (Å²) in [5, 5.41) is 4.49. The molecule has 0 bridgehead atoms. The zero-order chi connectivity index (χ0) is 20.9. The lowest BCUT2D eigenvalue weighted by Gasteiger charge is -2.43. The van der Waals surface area contributed by atoms with E-state index in [1.54, 1.807) is 7.11 Å². The summed E-state index contributed by atoms with van der Waals surface area (Å²) < 4.78 is 11.9. The van der Waals surface area contributed by atoms with Gasteiger partial charge in [-0.25, -0.2) is 0 Å². The number of para-hydroxylation sites is 1. The average molecular weight is 416 g/mol. The van der Waals surface area contributed by atoms with E-state index in [2.05, 4.69) is 62.5 Å². The van der Waals surface area contributed by atoms with Gasteiger partial charge in [0, 0.05) is 28.6 Å². The van der Waals surface area contributed by atoms with Crippen molar-refractivity contribution in [3.63, 3.8) is 0 Å². The van der Waals surface area contributed by atoms with Crippen molar-refractivity contribution in [2.45, 2.75) is 57.6 Å². The standard InChI is InChI=1S/C25H34ClNO2/c1-18(2)24-17-25(14-16-29-24,22-7-5-6-8-23(22)28-4)13-15-27-19(3)20-9-11-21(26)12-10-20/h5-12,18-19,24,27H,13-17H2,1-4H3/t19-,24+,25-/m0/s1. The smallest absolute Gasteiger partial charge is 0.122 e. The molecule has 1 heterocycles. The summed E-state index contributed by atoms with van der Waals surface area (Å²) in [5.41, 5.74) is 2.64. The van der Waals surface area contributed by atoms with Gasteiger partial charge in [0.25, 0.3) is 0 Å². The number of methoxy groups -OCH3 is 1. The Hall–Kier alpha value is -1.55.